The van der Waals surface area contributed by atoms with Crippen LogP contribution in [0.25, 0.3) is 0 Å². The zero-order chi connectivity index (χ0) is 15.0. The van der Waals surface area contributed by atoms with Gasteiger partial charge in [0.1, 0.15) is 5.82 Å². The van der Waals surface area contributed by atoms with Crippen LogP contribution in [0.4, 0.5) is 15.8 Å². The standard InChI is InChI=1S/C17H16ClFN2/c1-10(2)15-16(11-5-3-6-12(19)9-11)21-17-13(18)7-4-8-14(17)20-15/h3-10,16,21H,1-2H3. The molecule has 0 aromatic heterocycles. The highest BCUT2D eigenvalue weighted by atomic mass is 35.5. The van der Waals surface area contributed by atoms with Crippen molar-refractivity contribution < 1.29 is 4.39 Å². The largest absolute Gasteiger partial charge is 0.370 e. The molecule has 4 heteroatoms. The predicted molar refractivity (Wildman–Crippen MR) is 86.1 cm³/mol. The van der Waals surface area contributed by atoms with E-state index < -0.39 is 0 Å². The van der Waals surface area contributed by atoms with Gasteiger partial charge in [0.15, 0.2) is 0 Å². The molecule has 0 saturated heterocycles. The maximum Gasteiger partial charge on any atom is 0.123 e. The van der Waals surface area contributed by atoms with Gasteiger partial charge in [0.05, 0.1) is 22.4 Å². The molecule has 0 spiro atoms. The SMILES string of the molecule is CC(C)C1=Nc2cccc(Cl)c2NC1c1cccc(F)c1. The van der Waals surface area contributed by atoms with Crippen molar-refractivity contribution in [3.05, 3.63) is 58.9 Å². The molecule has 1 atom stereocenters. The zero-order valence-corrected chi connectivity index (χ0v) is 12.7. The molecule has 2 aromatic carbocycles. The minimum atomic E-state index is -0.248. The van der Waals surface area contributed by atoms with E-state index in [2.05, 4.69) is 19.2 Å². The lowest BCUT2D eigenvalue weighted by atomic mass is 9.92. The first-order valence-electron chi connectivity index (χ1n) is 6.95. The van der Waals surface area contributed by atoms with Gasteiger partial charge in [0.2, 0.25) is 0 Å². The summed E-state index contributed by atoms with van der Waals surface area (Å²) in [6.45, 7) is 4.17. The Morgan fingerprint density at radius 3 is 2.67 bits per heavy atom. The highest BCUT2D eigenvalue weighted by Crippen LogP contribution is 2.40. The summed E-state index contributed by atoms with van der Waals surface area (Å²) in [5, 5.41) is 4.04. The molecule has 108 valence electrons. The Morgan fingerprint density at radius 1 is 1.19 bits per heavy atom. The molecular formula is C17H16ClFN2. The van der Waals surface area contributed by atoms with E-state index in [0.29, 0.717) is 5.02 Å². The maximum absolute atomic E-state index is 13.5. The molecule has 1 unspecified atom stereocenters. The van der Waals surface area contributed by atoms with E-state index in [-0.39, 0.29) is 17.8 Å². The summed E-state index contributed by atoms with van der Waals surface area (Å²) in [6, 6.07) is 12.1. The molecule has 0 fully saturated rings. The molecule has 2 nitrogen and oxygen atoms in total. The van der Waals surface area contributed by atoms with Crippen LogP contribution in [-0.4, -0.2) is 5.71 Å². The molecular weight excluding hydrogens is 287 g/mol. The zero-order valence-electron chi connectivity index (χ0n) is 11.9. The first kappa shape index (κ1) is 14.1. The number of halogens is 2. The van der Waals surface area contributed by atoms with Crippen molar-refractivity contribution in [2.75, 3.05) is 5.32 Å². The van der Waals surface area contributed by atoms with Crippen LogP contribution in [0.5, 0.6) is 0 Å². The number of aliphatic imine (C=N–C) groups is 1. The van der Waals surface area contributed by atoms with Gasteiger partial charge in [-0.3, -0.25) is 4.99 Å². The molecule has 0 amide bonds. The quantitative estimate of drug-likeness (QED) is 0.792. The first-order chi connectivity index (χ1) is 10.1. The maximum atomic E-state index is 13.5. The van der Waals surface area contributed by atoms with Gasteiger partial charge in [0.25, 0.3) is 0 Å². The average Bonchev–Trinajstić information content (AvgIpc) is 2.46. The second-order valence-corrected chi connectivity index (χ2v) is 5.86. The summed E-state index contributed by atoms with van der Waals surface area (Å²) in [5.74, 6) is 0.000241. The summed E-state index contributed by atoms with van der Waals surface area (Å²) in [5.41, 5.74) is 3.47. The third-order valence-electron chi connectivity index (χ3n) is 3.60. The van der Waals surface area contributed by atoms with Crippen molar-refractivity contribution in [2.24, 2.45) is 10.9 Å². The number of fused-ring (bicyclic) bond motifs is 1. The van der Waals surface area contributed by atoms with Gasteiger partial charge in [0, 0.05) is 5.71 Å². The van der Waals surface area contributed by atoms with Crippen LogP contribution in [0.15, 0.2) is 47.5 Å². The Hall–Kier alpha value is -1.87. The molecule has 3 rings (SSSR count). The first-order valence-corrected chi connectivity index (χ1v) is 7.33. The van der Waals surface area contributed by atoms with E-state index >= 15 is 0 Å². The smallest absolute Gasteiger partial charge is 0.123 e. The molecule has 21 heavy (non-hydrogen) atoms. The van der Waals surface area contributed by atoms with E-state index in [1.807, 2.05) is 24.3 Å². The van der Waals surface area contributed by atoms with Crippen LogP contribution in [0, 0.1) is 11.7 Å². The number of anilines is 1. The van der Waals surface area contributed by atoms with Crippen molar-refractivity contribution in [2.45, 2.75) is 19.9 Å². The van der Waals surface area contributed by atoms with Gasteiger partial charge in [-0.2, -0.15) is 0 Å². The third-order valence-corrected chi connectivity index (χ3v) is 3.91. The molecule has 0 bridgehead atoms. The van der Waals surface area contributed by atoms with Crippen LogP contribution < -0.4 is 5.32 Å². The fourth-order valence-corrected chi connectivity index (χ4v) is 2.80. The molecule has 1 N–H and O–H groups in total. The van der Waals surface area contributed by atoms with Gasteiger partial charge in [-0.15, -0.1) is 0 Å². The molecule has 0 aliphatic carbocycles. The van der Waals surface area contributed by atoms with Gasteiger partial charge in [-0.1, -0.05) is 43.6 Å². The van der Waals surface area contributed by atoms with Crippen LogP contribution in [-0.2, 0) is 0 Å². The number of para-hydroxylation sites is 1. The van der Waals surface area contributed by atoms with Crippen molar-refractivity contribution >= 4 is 28.7 Å². The van der Waals surface area contributed by atoms with Crippen LogP contribution >= 0.6 is 11.6 Å². The highest BCUT2D eigenvalue weighted by molar-refractivity contribution is 6.34. The Kier molecular flexibility index (Phi) is 3.68. The van der Waals surface area contributed by atoms with Gasteiger partial charge < -0.3 is 5.32 Å². The Balaban J connectivity index is 2.12. The summed E-state index contributed by atoms with van der Waals surface area (Å²) in [4.78, 5) is 4.74. The van der Waals surface area contributed by atoms with Gasteiger partial charge in [-0.25, -0.2) is 4.39 Å². The number of hydrogen-bond donors (Lipinski definition) is 1. The van der Waals surface area contributed by atoms with E-state index in [0.717, 1.165) is 22.6 Å². The topological polar surface area (TPSA) is 24.4 Å². The normalized spacial score (nSPS) is 17.2. The molecule has 1 heterocycles. The number of nitrogens with one attached hydrogen (secondary N) is 1. The Bertz CT molecular complexity index is 710. The van der Waals surface area contributed by atoms with Crippen molar-refractivity contribution in [3.8, 4) is 0 Å². The van der Waals surface area contributed by atoms with Gasteiger partial charge in [-0.05, 0) is 35.7 Å². The number of benzene rings is 2. The number of nitrogens with zero attached hydrogens (tertiary/aromatic N) is 1. The van der Waals surface area contributed by atoms with Crippen LogP contribution in [0.3, 0.4) is 0 Å². The second-order valence-electron chi connectivity index (χ2n) is 5.46. The summed E-state index contributed by atoms with van der Waals surface area (Å²) >= 11 is 6.25. The van der Waals surface area contributed by atoms with Crippen molar-refractivity contribution in [1.82, 2.24) is 0 Å². The second kappa shape index (κ2) is 5.49. The minimum Gasteiger partial charge on any atom is -0.370 e. The molecule has 1 aliphatic rings. The van der Waals surface area contributed by atoms with E-state index in [4.69, 9.17) is 16.6 Å². The van der Waals surface area contributed by atoms with Crippen LogP contribution in [0.2, 0.25) is 5.02 Å². The molecule has 1 aliphatic heterocycles. The van der Waals surface area contributed by atoms with E-state index in [1.54, 1.807) is 6.07 Å². The fraction of sp³-hybridized carbons (Fsp3) is 0.235. The summed E-state index contributed by atoms with van der Waals surface area (Å²) < 4.78 is 13.5. The monoisotopic (exact) mass is 302 g/mol. The van der Waals surface area contributed by atoms with E-state index in [1.165, 1.54) is 12.1 Å². The van der Waals surface area contributed by atoms with Gasteiger partial charge >= 0.3 is 0 Å². The molecule has 0 saturated carbocycles. The Morgan fingerprint density at radius 2 is 1.95 bits per heavy atom. The lowest BCUT2D eigenvalue weighted by Crippen LogP contribution is -2.28. The Labute approximate surface area is 128 Å². The molecule has 2 aromatic rings. The highest BCUT2D eigenvalue weighted by Gasteiger charge is 2.27. The fourth-order valence-electron chi connectivity index (χ4n) is 2.57. The minimum absolute atomic E-state index is 0.159. The van der Waals surface area contributed by atoms with Crippen LogP contribution in [0.1, 0.15) is 25.5 Å². The lowest BCUT2D eigenvalue weighted by Gasteiger charge is -2.30. The third kappa shape index (κ3) is 2.66. The number of hydrogen-bond acceptors (Lipinski definition) is 2. The number of rotatable bonds is 2. The summed E-state index contributed by atoms with van der Waals surface area (Å²) in [6.07, 6.45) is 0. The predicted octanol–water partition coefficient (Wildman–Crippen LogP) is 5.37. The summed E-state index contributed by atoms with van der Waals surface area (Å²) in [7, 11) is 0. The molecule has 0 radical (unpaired) electrons. The average molecular weight is 303 g/mol. The van der Waals surface area contributed by atoms with Crippen molar-refractivity contribution in [1.29, 1.82) is 0 Å². The van der Waals surface area contributed by atoms with E-state index in [9.17, 15) is 4.39 Å². The van der Waals surface area contributed by atoms with Crippen molar-refractivity contribution in [3.63, 3.8) is 0 Å². The lowest BCUT2D eigenvalue weighted by molar-refractivity contribution is 0.625.